The van der Waals surface area contributed by atoms with Crippen molar-refractivity contribution in [2.45, 2.75) is 32.6 Å². The minimum atomic E-state index is 0.198. The van der Waals surface area contributed by atoms with Crippen LogP contribution >= 0.6 is 0 Å². The lowest BCUT2D eigenvalue weighted by molar-refractivity contribution is 0.590. The molecule has 1 heterocycles. The molecule has 0 unspecified atom stereocenters. The second-order valence-corrected chi connectivity index (χ2v) is 6.72. The Kier molecular flexibility index (Phi) is 3.84. The molecule has 0 atom stereocenters. The molecule has 2 aromatic carbocycles. The fraction of sp³-hybridized carbons (Fsp3) is 0.250. The number of hydrogen-bond donors (Lipinski definition) is 1. The Morgan fingerprint density at radius 2 is 1.59 bits per heavy atom. The van der Waals surface area contributed by atoms with E-state index in [2.05, 4.69) is 62.2 Å². The molecule has 112 valence electrons. The highest BCUT2D eigenvalue weighted by Gasteiger charge is 2.13. The van der Waals surface area contributed by atoms with E-state index in [0.717, 1.165) is 23.5 Å². The van der Waals surface area contributed by atoms with E-state index >= 15 is 0 Å². The summed E-state index contributed by atoms with van der Waals surface area (Å²) >= 11 is 0. The predicted molar refractivity (Wildman–Crippen MR) is 92.0 cm³/mol. The number of nitrogens with one attached hydrogen (secondary N) is 1. The Hall–Kier alpha value is -2.35. The maximum atomic E-state index is 4.69. The second-order valence-electron chi connectivity index (χ2n) is 6.72. The molecular weight excluding hydrogens is 268 g/mol. The minimum absolute atomic E-state index is 0.198. The lowest BCUT2D eigenvalue weighted by Gasteiger charge is -2.19. The normalized spacial score (nSPS) is 11.6. The lowest BCUT2D eigenvalue weighted by Crippen LogP contribution is -2.10. The zero-order chi connectivity index (χ0) is 15.6. The van der Waals surface area contributed by atoms with Gasteiger partial charge in [-0.1, -0.05) is 75.4 Å². The summed E-state index contributed by atoms with van der Waals surface area (Å²) in [7, 11) is 0. The van der Waals surface area contributed by atoms with E-state index in [0.29, 0.717) is 0 Å². The van der Waals surface area contributed by atoms with E-state index in [9.17, 15) is 0 Å². The third-order valence-electron chi connectivity index (χ3n) is 3.89. The topological polar surface area (TPSA) is 28.7 Å². The van der Waals surface area contributed by atoms with Gasteiger partial charge in [-0.25, -0.2) is 4.98 Å². The van der Waals surface area contributed by atoms with Crippen molar-refractivity contribution in [1.29, 1.82) is 0 Å². The molecule has 2 heteroatoms. The molecule has 3 aromatic rings. The number of benzene rings is 2. The van der Waals surface area contributed by atoms with Crippen molar-refractivity contribution in [3.8, 4) is 11.3 Å². The quantitative estimate of drug-likeness (QED) is 0.725. The zero-order valence-electron chi connectivity index (χ0n) is 13.4. The Bertz CT molecular complexity index is 731. The summed E-state index contributed by atoms with van der Waals surface area (Å²) in [6.07, 6.45) is 2.81. The van der Waals surface area contributed by atoms with Crippen molar-refractivity contribution < 1.29 is 0 Å². The number of aromatic amines is 1. The van der Waals surface area contributed by atoms with E-state index in [1.54, 1.807) is 0 Å². The van der Waals surface area contributed by atoms with Gasteiger partial charge in [0, 0.05) is 18.2 Å². The molecular formula is C20H22N2. The van der Waals surface area contributed by atoms with Gasteiger partial charge in [0.05, 0.1) is 5.69 Å². The zero-order valence-corrected chi connectivity index (χ0v) is 13.4. The van der Waals surface area contributed by atoms with E-state index in [1.807, 2.05) is 24.4 Å². The first kappa shape index (κ1) is 14.6. The summed E-state index contributed by atoms with van der Waals surface area (Å²) in [5.74, 6) is 1.00. The summed E-state index contributed by atoms with van der Waals surface area (Å²) in [6.45, 7) is 6.71. The standard InChI is InChI=1S/C20H22N2/c1-20(2,3)17-11-9-15(10-12-17)13-19-21-14-18(22-19)16-7-5-4-6-8-16/h4-12,14H,13H2,1-3H3,(H,21,22). The average Bonchev–Trinajstić information content (AvgIpc) is 2.96. The molecule has 0 amide bonds. The highest BCUT2D eigenvalue weighted by molar-refractivity contribution is 5.58. The van der Waals surface area contributed by atoms with Gasteiger partial charge in [-0.2, -0.15) is 0 Å². The number of hydrogen-bond acceptors (Lipinski definition) is 1. The van der Waals surface area contributed by atoms with Crippen LogP contribution in [0.25, 0.3) is 11.3 Å². The molecule has 1 N–H and O–H groups in total. The molecule has 0 fully saturated rings. The number of H-pyrrole nitrogens is 1. The molecule has 1 aromatic heterocycles. The van der Waals surface area contributed by atoms with Gasteiger partial charge >= 0.3 is 0 Å². The molecule has 0 saturated heterocycles. The summed E-state index contributed by atoms with van der Waals surface area (Å²) in [4.78, 5) is 7.98. The second kappa shape index (κ2) is 5.80. The smallest absolute Gasteiger partial charge is 0.111 e. The van der Waals surface area contributed by atoms with Crippen LogP contribution in [0.2, 0.25) is 0 Å². The van der Waals surface area contributed by atoms with Gasteiger partial charge in [-0.05, 0) is 16.5 Å². The molecule has 0 bridgehead atoms. The van der Waals surface area contributed by atoms with Crippen LogP contribution in [0.1, 0.15) is 37.7 Å². The SMILES string of the molecule is CC(C)(C)c1ccc(Cc2nc(-c3ccccc3)c[nH]2)cc1. The maximum Gasteiger partial charge on any atom is 0.111 e. The Morgan fingerprint density at radius 1 is 0.909 bits per heavy atom. The molecule has 3 rings (SSSR count). The third kappa shape index (κ3) is 3.28. The van der Waals surface area contributed by atoms with E-state index in [1.165, 1.54) is 11.1 Å². The summed E-state index contributed by atoms with van der Waals surface area (Å²) in [5.41, 5.74) is 4.99. The van der Waals surface area contributed by atoms with Crippen LogP contribution in [0.5, 0.6) is 0 Å². The Balaban J connectivity index is 1.76. The number of rotatable bonds is 3. The molecule has 0 saturated carbocycles. The Labute approximate surface area is 132 Å². The monoisotopic (exact) mass is 290 g/mol. The van der Waals surface area contributed by atoms with Gasteiger partial charge in [0.15, 0.2) is 0 Å². The van der Waals surface area contributed by atoms with Crippen molar-refractivity contribution in [2.24, 2.45) is 0 Å². The fourth-order valence-corrected chi connectivity index (χ4v) is 2.52. The van der Waals surface area contributed by atoms with Crippen LogP contribution in [0.15, 0.2) is 60.8 Å². The van der Waals surface area contributed by atoms with Gasteiger partial charge in [0.25, 0.3) is 0 Å². The van der Waals surface area contributed by atoms with Gasteiger partial charge in [0.1, 0.15) is 5.82 Å². The molecule has 0 aliphatic rings. The minimum Gasteiger partial charge on any atom is -0.348 e. The van der Waals surface area contributed by atoms with Crippen molar-refractivity contribution >= 4 is 0 Å². The van der Waals surface area contributed by atoms with Crippen LogP contribution in [-0.2, 0) is 11.8 Å². The number of aromatic nitrogens is 2. The maximum absolute atomic E-state index is 4.69. The highest BCUT2D eigenvalue weighted by Crippen LogP contribution is 2.23. The van der Waals surface area contributed by atoms with E-state index < -0.39 is 0 Å². The lowest BCUT2D eigenvalue weighted by atomic mass is 9.86. The number of imidazole rings is 1. The predicted octanol–water partition coefficient (Wildman–Crippen LogP) is 4.97. The van der Waals surface area contributed by atoms with Gasteiger partial charge in [-0.15, -0.1) is 0 Å². The van der Waals surface area contributed by atoms with E-state index in [-0.39, 0.29) is 5.41 Å². The van der Waals surface area contributed by atoms with Crippen LogP contribution in [0.4, 0.5) is 0 Å². The largest absolute Gasteiger partial charge is 0.348 e. The average molecular weight is 290 g/mol. The van der Waals surface area contributed by atoms with Crippen LogP contribution in [0.3, 0.4) is 0 Å². The van der Waals surface area contributed by atoms with Crippen molar-refractivity contribution in [3.63, 3.8) is 0 Å². The summed E-state index contributed by atoms with van der Waals surface area (Å²) < 4.78 is 0. The van der Waals surface area contributed by atoms with Crippen LogP contribution in [-0.4, -0.2) is 9.97 Å². The van der Waals surface area contributed by atoms with Crippen molar-refractivity contribution in [3.05, 3.63) is 77.7 Å². The molecule has 2 nitrogen and oxygen atoms in total. The van der Waals surface area contributed by atoms with Crippen LogP contribution < -0.4 is 0 Å². The third-order valence-corrected chi connectivity index (χ3v) is 3.89. The van der Waals surface area contributed by atoms with Crippen molar-refractivity contribution in [1.82, 2.24) is 9.97 Å². The molecule has 22 heavy (non-hydrogen) atoms. The Morgan fingerprint density at radius 3 is 2.23 bits per heavy atom. The van der Waals surface area contributed by atoms with Gasteiger partial charge in [-0.3, -0.25) is 0 Å². The van der Waals surface area contributed by atoms with E-state index in [4.69, 9.17) is 4.98 Å². The van der Waals surface area contributed by atoms with Crippen LogP contribution in [0, 0.1) is 0 Å². The van der Waals surface area contributed by atoms with Gasteiger partial charge in [0.2, 0.25) is 0 Å². The summed E-state index contributed by atoms with van der Waals surface area (Å²) in [5, 5.41) is 0. The molecule has 0 aliphatic heterocycles. The first-order valence-corrected chi connectivity index (χ1v) is 7.71. The number of nitrogens with zero attached hydrogens (tertiary/aromatic N) is 1. The van der Waals surface area contributed by atoms with Gasteiger partial charge < -0.3 is 4.98 Å². The molecule has 0 aliphatic carbocycles. The van der Waals surface area contributed by atoms with Crippen molar-refractivity contribution in [2.75, 3.05) is 0 Å². The fourth-order valence-electron chi connectivity index (χ4n) is 2.52. The molecule has 0 spiro atoms. The summed E-state index contributed by atoms with van der Waals surface area (Å²) in [6, 6.07) is 19.1. The first-order chi connectivity index (χ1) is 10.5. The first-order valence-electron chi connectivity index (χ1n) is 7.71. The molecule has 0 radical (unpaired) electrons. The highest BCUT2D eigenvalue weighted by atomic mass is 14.9.